The molecule has 0 spiro atoms. The number of methoxy groups -OCH3 is 1. The van der Waals surface area contributed by atoms with Gasteiger partial charge in [0, 0.05) is 5.92 Å². The molecule has 98 valence electrons. The Bertz CT molecular complexity index is 472. The standard InChI is InChI=1S/C14H19NO3/c1-4-9-5-6-12(18-3)10(7-9)11-8-14(11,15-2)13(16)17/h5-7,11,15H,4,8H2,1-3H3,(H,16,17). The molecule has 2 atom stereocenters. The molecular weight excluding hydrogens is 230 g/mol. The zero-order valence-corrected chi connectivity index (χ0v) is 11.0. The van der Waals surface area contributed by atoms with E-state index in [0.717, 1.165) is 17.7 Å². The van der Waals surface area contributed by atoms with Crippen molar-refractivity contribution >= 4 is 5.97 Å². The first-order valence-corrected chi connectivity index (χ1v) is 6.18. The van der Waals surface area contributed by atoms with Crippen LogP contribution in [0.4, 0.5) is 0 Å². The zero-order valence-electron chi connectivity index (χ0n) is 11.0. The molecule has 2 N–H and O–H groups in total. The number of nitrogens with one attached hydrogen (secondary N) is 1. The number of carboxylic acids is 1. The van der Waals surface area contributed by atoms with Crippen molar-refractivity contribution in [2.75, 3.05) is 14.2 Å². The number of benzene rings is 1. The van der Waals surface area contributed by atoms with E-state index in [2.05, 4.69) is 18.3 Å². The number of carbonyl (C=O) groups is 1. The van der Waals surface area contributed by atoms with Crippen LogP contribution in [-0.2, 0) is 11.2 Å². The van der Waals surface area contributed by atoms with E-state index in [9.17, 15) is 9.90 Å². The van der Waals surface area contributed by atoms with Crippen LogP contribution >= 0.6 is 0 Å². The Balaban J connectivity index is 2.37. The van der Waals surface area contributed by atoms with Crippen molar-refractivity contribution in [3.05, 3.63) is 29.3 Å². The minimum absolute atomic E-state index is 0.0125. The molecule has 0 radical (unpaired) electrons. The molecule has 0 bridgehead atoms. The molecule has 2 unspecified atom stereocenters. The van der Waals surface area contributed by atoms with Gasteiger partial charge in [0.1, 0.15) is 11.3 Å². The summed E-state index contributed by atoms with van der Waals surface area (Å²) in [7, 11) is 3.32. The molecule has 18 heavy (non-hydrogen) atoms. The van der Waals surface area contributed by atoms with E-state index >= 15 is 0 Å². The fourth-order valence-corrected chi connectivity index (χ4v) is 2.53. The minimum atomic E-state index is -0.820. The number of rotatable bonds is 5. The minimum Gasteiger partial charge on any atom is -0.496 e. The Labute approximate surface area is 107 Å². The third-order valence-electron chi connectivity index (χ3n) is 3.87. The first kappa shape index (κ1) is 12.9. The van der Waals surface area contributed by atoms with Crippen molar-refractivity contribution < 1.29 is 14.6 Å². The van der Waals surface area contributed by atoms with Gasteiger partial charge in [-0.3, -0.25) is 4.79 Å². The fraction of sp³-hybridized carbons (Fsp3) is 0.500. The highest BCUT2D eigenvalue weighted by atomic mass is 16.5. The van der Waals surface area contributed by atoms with Gasteiger partial charge >= 0.3 is 5.97 Å². The molecule has 1 aromatic carbocycles. The molecule has 1 aliphatic carbocycles. The summed E-state index contributed by atoms with van der Waals surface area (Å²) in [6.07, 6.45) is 1.55. The molecule has 1 aromatic rings. The number of ether oxygens (including phenoxy) is 1. The number of hydrogen-bond donors (Lipinski definition) is 2. The van der Waals surface area contributed by atoms with Crippen LogP contribution in [0.1, 0.15) is 30.4 Å². The van der Waals surface area contributed by atoms with E-state index in [-0.39, 0.29) is 5.92 Å². The van der Waals surface area contributed by atoms with Crippen LogP contribution in [0.2, 0.25) is 0 Å². The number of aryl methyl sites for hydroxylation is 1. The Morgan fingerprint density at radius 2 is 2.33 bits per heavy atom. The van der Waals surface area contributed by atoms with E-state index in [0.29, 0.717) is 6.42 Å². The summed E-state index contributed by atoms with van der Waals surface area (Å²) in [6, 6.07) is 6.01. The second-order valence-electron chi connectivity index (χ2n) is 4.71. The van der Waals surface area contributed by atoms with Crippen LogP contribution in [0, 0.1) is 0 Å². The van der Waals surface area contributed by atoms with Crippen molar-refractivity contribution in [3.63, 3.8) is 0 Å². The lowest BCUT2D eigenvalue weighted by atomic mass is 10.0. The van der Waals surface area contributed by atoms with Gasteiger partial charge in [0.15, 0.2) is 0 Å². The molecule has 0 aromatic heterocycles. The molecule has 1 saturated carbocycles. The lowest BCUT2D eigenvalue weighted by Crippen LogP contribution is -2.38. The van der Waals surface area contributed by atoms with Crippen LogP contribution in [-0.4, -0.2) is 30.8 Å². The van der Waals surface area contributed by atoms with Crippen LogP contribution in [0.3, 0.4) is 0 Å². The number of likely N-dealkylation sites (N-methyl/N-ethyl adjacent to an activating group) is 1. The molecule has 0 amide bonds. The second-order valence-corrected chi connectivity index (χ2v) is 4.71. The highest BCUT2D eigenvalue weighted by Gasteiger charge is 2.61. The summed E-state index contributed by atoms with van der Waals surface area (Å²) in [5.74, 6) is -0.0315. The molecule has 4 nitrogen and oxygen atoms in total. The lowest BCUT2D eigenvalue weighted by molar-refractivity contribution is -0.140. The second kappa shape index (κ2) is 4.61. The molecule has 4 heteroatoms. The monoisotopic (exact) mass is 249 g/mol. The van der Waals surface area contributed by atoms with Gasteiger partial charge in [0.2, 0.25) is 0 Å². The molecular formula is C14H19NO3. The average molecular weight is 249 g/mol. The SMILES string of the molecule is CCc1ccc(OC)c(C2CC2(NC)C(=O)O)c1. The molecule has 0 saturated heterocycles. The first-order valence-electron chi connectivity index (χ1n) is 6.18. The van der Waals surface area contributed by atoms with E-state index in [4.69, 9.17) is 4.74 Å². The maximum absolute atomic E-state index is 11.3. The van der Waals surface area contributed by atoms with Gasteiger partial charge in [-0.05, 0) is 37.1 Å². The largest absolute Gasteiger partial charge is 0.496 e. The number of carboxylic acid groups (broad SMARTS) is 1. The lowest BCUT2D eigenvalue weighted by Gasteiger charge is -2.14. The Kier molecular flexibility index (Phi) is 3.30. The third-order valence-corrected chi connectivity index (χ3v) is 3.87. The molecule has 1 fully saturated rings. The smallest absolute Gasteiger partial charge is 0.324 e. The highest BCUT2D eigenvalue weighted by molar-refractivity contribution is 5.85. The molecule has 0 heterocycles. The van der Waals surface area contributed by atoms with Gasteiger partial charge in [-0.15, -0.1) is 0 Å². The highest BCUT2D eigenvalue weighted by Crippen LogP contribution is 2.54. The van der Waals surface area contributed by atoms with Crippen molar-refractivity contribution in [1.29, 1.82) is 0 Å². The Hall–Kier alpha value is -1.55. The maximum atomic E-state index is 11.3. The van der Waals surface area contributed by atoms with Gasteiger partial charge in [0.25, 0.3) is 0 Å². The van der Waals surface area contributed by atoms with Crippen molar-refractivity contribution in [2.45, 2.75) is 31.2 Å². The Morgan fingerprint density at radius 1 is 1.61 bits per heavy atom. The van der Waals surface area contributed by atoms with Crippen LogP contribution in [0.15, 0.2) is 18.2 Å². The predicted molar refractivity (Wildman–Crippen MR) is 69.2 cm³/mol. The topological polar surface area (TPSA) is 58.6 Å². The van der Waals surface area contributed by atoms with Crippen LogP contribution < -0.4 is 10.1 Å². The van der Waals surface area contributed by atoms with E-state index < -0.39 is 11.5 Å². The molecule has 2 rings (SSSR count). The third kappa shape index (κ3) is 1.86. The quantitative estimate of drug-likeness (QED) is 0.835. The number of aliphatic carboxylic acids is 1. The maximum Gasteiger partial charge on any atom is 0.324 e. The van der Waals surface area contributed by atoms with Gasteiger partial charge in [-0.25, -0.2) is 0 Å². The normalized spacial score (nSPS) is 25.8. The van der Waals surface area contributed by atoms with E-state index in [1.807, 2.05) is 12.1 Å². The summed E-state index contributed by atoms with van der Waals surface area (Å²) < 4.78 is 5.34. The van der Waals surface area contributed by atoms with Gasteiger partial charge in [0.05, 0.1) is 7.11 Å². The van der Waals surface area contributed by atoms with Crippen LogP contribution in [0.5, 0.6) is 5.75 Å². The van der Waals surface area contributed by atoms with E-state index in [1.54, 1.807) is 14.2 Å². The van der Waals surface area contributed by atoms with Gasteiger partial charge in [-0.2, -0.15) is 0 Å². The zero-order chi connectivity index (χ0) is 13.3. The summed E-state index contributed by atoms with van der Waals surface area (Å²) in [6.45, 7) is 2.08. The van der Waals surface area contributed by atoms with Gasteiger partial charge < -0.3 is 15.2 Å². The Morgan fingerprint density at radius 3 is 2.78 bits per heavy atom. The summed E-state index contributed by atoms with van der Waals surface area (Å²) >= 11 is 0. The van der Waals surface area contributed by atoms with E-state index in [1.165, 1.54) is 5.56 Å². The van der Waals surface area contributed by atoms with Gasteiger partial charge in [-0.1, -0.05) is 19.1 Å². The average Bonchev–Trinajstić information content (AvgIpc) is 3.14. The number of hydrogen-bond acceptors (Lipinski definition) is 3. The van der Waals surface area contributed by atoms with Crippen LogP contribution in [0.25, 0.3) is 0 Å². The van der Waals surface area contributed by atoms with Crippen molar-refractivity contribution in [2.24, 2.45) is 0 Å². The first-order chi connectivity index (χ1) is 8.58. The summed E-state index contributed by atoms with van der Waals surface area (Å²) in [4.78, 5) is 11.3. The summed E-state index contributed by atoms with van der Waals surface area (Å²) in [5, 5.41) is 12.3. The van der Waals surface area contributed by atoms with Crippen molar-refractivity contribution in [1.82, 2.24) is 5.32 Å². The summed E-state index contributed by atoms with van der Waals surface area (Å²) in [5.41, 5.74) is 1.38. The van der Waals surface area contributed by atoms with Crippen molar-refractivity contribution in [3.8, 4) is 5.75 Å². The predicted octanol–water partition coefficient (Wildman–Crippen LogP) is 1.79. The fourth-order valence-electron chi connectivity index (χ4n) is 2.53. The molecule has 1 aliphatic rings. The molecule has 0 aliphatic heterocycles.